The van der Waals surface area contributed by atoms with Crippen LogP contribution in [0.1, 0.15) is 26.3 Å². The highest BCUT2D eigenvalue weighted by atomic mass is 35.5. The van der Waals surface area contributed by atoms with Crippen molar-refractivity contribution in [2.45, 2.75) is 32.9 Å². The highest BCUT2D eigenvalue weighted by Crippen LogP contribution is 2.25. The number of methoxy groups -OCH3 is 1. The van der Waals surface area contributed by atoms with E-state index in [1.165, 1.54) is 0 Å². The number of hydrogen-bond donors (Lipinski definition) is 1. The second kappa shape index (κ2) is 9.26. The van der Waals surface area contributed by atoms with Crippen LogP contribution in [0.15, 0.2) is 18.2 Å². The Balaban J connectivity index is 2.36. The predicted molar refractivity (Wildman–Crippen MR) is 86.2 cm³/mol. The first kappa shape index (κ1) is 18.2. The minimum atomic E-state index is 0.0845. The molecule has 0 amide bonds. The van der Waals surface area contributed by atoms with Gasteiger partial charge in [-0.25, -0.2) is 0 Å². The van der Waals surface area contributed by atoms with Crippen molar-refractivity contribution >= 4 is 11.6 Å². The molecule has 21 heavy (non-hydrogen) atoms. The summed E-state index contributed by atoms with van der Waals surface area (Å²) in [5, 5.41) is 4.05. The average molecular weight is 316 g/mol. The van der Waals surface area contributed by atoms with Crippen molar-refractivity contribution in [3.63, 3.8) is 0 Å². The van der Waals surface area contributed by atoms with Crippen LogP contribution in [0.5, 0.6) is 5.75 Å². The van der Waals surface area contributed by atoms with Crippen molar-refractivity contribution in [2.24, 2.45) is 0 Å². The number of nitrogens with one attached hydrogen (secondary N) is 1. The van der Waals surface area contributed by atoms with E-state index in [9.17, 15) is 0 Å². The van der Waals surface area contributed by atoms with Crippen molar-refractivity contribution in [1.29, 1.82) is 0 Å². The van der Waals surface area contributed by atoms with Gasteiger partial charge in [-0.2, -0.15) is 0 Å². The molecule has 0 heterocycles. The van der Waals surface area contributed by atoms with Crippen LogP contribution in [0, 0.1) is 0 Å². The van der Waals surface area contributed by atoms with Gasteiger partial charge in [-0.3, -0.25) is 0 Å². The van der Waals surface area contributed by atoms with Crippen LogP contribution < -0.4 is 10.1 Å². The summed E-state index contributed by atoms with van der Waals surface area (Å²) >= 11 is 6.23. The summed E-state index contributed by atoms with van der Waals surface area (Å²) in [7, 11) is 1.65. The van der Waals surface area contributed by atoms with Crippen LogP contribution in [0.2, 0.25) is 5.02 Å². The minimum absolute atomic E-state index is 0.0845. The normalized spacial score (nSPS) is 11.7. The van der Waals surface area contributed by atoms with Gasteiger partial charge in [0, 0.05) is 19.2 Å². The molecule has 0 fully saturated rings. The average Bonchev–Trinajstić information content (AvgIpc) is 2.41. The lowest BCUT2D eigenvalue weighted by Gasteiger charge is -2.20. The van der Waals surface area contributed by atoms with Crippen LogP contribution in [0.4, 0.5) is 0 Å². The second-order valence-corrected chi connectivity index (χ2v) is 6.23. The third-order valence-corrected chi connectivity index (χ3v) is 3.03. The highest BCUT2D eigenvalue weighted by Gasteiger charge is 2.09. The molecule has 1 aromatic rings. The maximum atomic E-state index is 6.23. The molecule has 120 valence electrons. The van der Waals surface area contributed by atoms with Gasteiger partial charge in [-0.05, 0) is 38.5 Å². The summed E-state index contributed by atoms with van der Waals surface area (Å²) in [5.41, 5.74) is 1.22. The Kier molecular flexibility index (Phi) is 8.04. The lowest BCUT2D eigenvalue weighted by atomic mass is 10.1. The molecule has 0 aliphatic carbocycles. The molecule has 1 N–H and O–H groups in total. The summed E-state index contributed by atoms with van der Waals surface area (Å²) in [6.45, 7) is 9.35. The molecule has 0 atom stereocenters. The standard InChI is InChI=1S/C16H26ClNO3/c1-16(2,3)18-12-13-5-6-15(14(17)11-13)21-10-9-20-8-7-19-4/h5-6,11,18H,7-10,12H2,1-4H3. The second-order valence-electron chi connectivity index (χ2n) is 5.82. The van der Waals surface area contributed by atoms with Gasteiger partial charge in [-0.1, -0.05) is 17.7 Å². The Labute approximate surface area is 132 Å². The fourth-order valence-corrected chi connectivity index (χ4v) is 1.85. The van der Waals surface area contributed by atoms with E-state index in [4.69, 9.17) is 25.8 Å². The zero-order valence-corrected chi connectivity index (χ0v) is 14.1. The van der Waals surface area contributed by atoms with E-state index in [1.54, 1.807) is 7.11 Å². The molecule has 1 aromatic carbocycles. The summed E-state index contributed by atoms with van der Waals surface area (Å²) in [6.07, 6.45) is 0. The highest BCUT2D eigenvalue weighted by molar-refractivity contribution is 6.32. The first-order valence-corrected chi connectivity index (χ1v) is 7.53. The molecule has 0 aliphatic rings. The number of ether oxygens (including phenoxy) is 3. The van der Waals surface area contributed by atoms with E-state index >= 15 is 0 Å². The predicted octanol–water partition coefficient (Wildman–Crippen LogP) is 3.27. The van der Waals surface area contributed by atoms with Crippen molar-refractivity contribution < 1.29 is 14.2 Å². The van der Waals surface area contributed by atoms with Gasteiger partial charge < -0.3 is 19.5 Å². The molecular weight excluding hydrogens is 290 g/mol. The van der Waals surface area contributed by atoms with Gasteiger partial charge >= 0.3 is 0 Å². The molecule has 0 aliphatic heterocycles. The van der Waals surface area contributed by atoms with Crippen LogP contribution in [0.3, 0.4) is 0 Å². The van der Waals surface area contributed by atoms with E-state index in [1.807, 2.05) is 18.2 Å². The Morgan fingerprint density at radius 2 is 1.81 bits per heavy atom. The van der Waals surface area contributed by atoms with E-state index in [0.29, 0.717) is 37.2 Å². The van der Waals surface area contributed by atoms with Crippen molar-refractivity contribution in [2.75, 3.05) is 33.5 Å². The number of hydrogen-bond acceptors (Lipinski definition) is 4. The van der Waals surface area contributed by atoms with E-state index in [2.05, 4.69) is 26.1 Å². The van der Waals surface area contributed by atoms with Gasteiger partial charge in [0.05, 0.1) is 24.8 Å². The summed E-state index contributed by atoms with van der Waals surface area (Å²) in [6, 6.07) is 5.85. The Morgan fingerprint density at radius 3 is 2.43 bits per heavy atom. The molecule has 0 saturated heterocycles. The lowest BCUT2D eigenvalue weighted by molar-refractivity contribution is 0.0544. The Morgan fingerprint density at radius 1 is 1.10 bits per heavy atom. The Bertz CT molecular complexity index is 418. The van der Waals surface area contributed by atoms with Crippen LogP contribution in [-0.4, -0.2) is 39.1 Å². The van der Waals surface area contributed by atoms with Crippen molar-refractivity contribution in [1.82, 2.24) is 5.32 Å². The molecular formula is C16H26ClNO3. The van der Waals surface area contributed by atoms with Gasteiger partial charge in [0.2, 0.25) is 0 Å². The topological polar surface area (TPSA) is 39.7 Å². The zero-order valence-electron chi connectivity index (χ0n) is 13.4. The first-order chi connectivity index (χ1) is 9.92. The number of halogens is 1. The lowest BCUT2D eigenvalue weighted by Crippen LogP contribution is -2.35. The smallest absolute Gasteiger partial charge is 0.138 e. The largest absolute Gasteiger partial charge is 0.490 e. The van der Waals surface area contributed by atoms with Crippen LogP contribution in [-0.2, 0) is 16.0 Å². The quantitative estimate of drug-likeness (QED) is 0.710. The first-order valence-electron chi connectivity index (χ1n) is 7.15. The van der Waals surface area contributed by atoms with Gasteiger partial charge in [0.1, 0.15) is 12.4 Å². The third-order valence-electron chi connectivity index (χ3n) is 2.74. The summed E-state index contributed by atoms with van der Waals surface area (Å²) < 4.78 is 15.8. The van der Waals surface area contributed by atoms with Crippen molar-refractivity contribution in [3.05, 3.63) is 28.8 Å². The molecule has 1 rings (SSSR count). The zero-order chi connectivity index (χ0) is 15.7. The fraction of sp³-hybridized carbons (Fsp3) is 0.625. The molecule has 0 unspecified atom stereocenters. The van der Waals surface area contributed by atoms with Gasteiger partial charge in [0.25, 0.3) is 0 Å². The molecule has 0 spiro atoms. The van der Waals surface area contributed by atoms with Gasteiger partial charge in [-0.15, -0.1) is 0 Å². The van der Waals surface area contributed by atoms with E-state index in [0.717, 1.165) is 12.1 Å². The van der Waals surface area contributed by atoms with Crippen molar-refractivity contribution in [3.8, 4) is 5.75 Å². The van der Waals surface area contributed by atoms with Crippen LogP contribution in [0.25, 0.3) is 0 Å². The third kappa shape index (κ3) is 8.27. The molecule has 4 nitrogen and oxygen atoms in total. The number of rotatable bonds is 9. The molecule has 0 aromatic heterocycles. The fourth-order valence-electron chi connectivity index (χ4n) is 1.59. The molecule has 0 saturated carbocycles. The maximum absolute atomic E-state index is 6.23. The summed E-state index contributed by atoms with van der Waals surface area (Å²) in [4.78, 5) is 0. The molecule has 0 radical (unpaired) electrons. The minimum Gasteiger partial charge on any atom is -0.490 e. The SMILES string of the molecule is COCCOCCOc1ccc(CNC(C)(C)C)cc1Cl. The Hall–Kier alpha value is -0.810. The maximum Gasteiger partial charge on any atom is 0.138 e. The van der Waals surface area contributed by atoms with Crippen LogP contribution >= 0.6 is 11.6 Å². The van der Waals surface area contributed by atoms with E-state index in [-0.39, 0.29) is 5.54 Å². The van der Waals surface area contributed by atoms with E-state index < -0.39 is 0 Å². The molecule has 5 heteroatoms. The summed E-state index contributed by atoms with van der Waals surface area (Å²) in [5.74, 6) is 0.687. The number of benzene rings is 1. The molecule has 0 bridgehead atoms. The van der Waals surface area contributed by atoms with Gasteiger partial charge in [0.15, 0.2) is 0 Å². The monoisotopic (exact) mass is 315 g/mol.